The van der Waals surface area contributed by atoms with Crippen LogP contribution >= 0.6 is 0 Å². The fourth-order valence-electron chi connectivity index (χ4n) is 2.20. The third kappa shape index (κ3) is 3.07. The highest BCUT2D eigenvalue weighted by molar-refractivity contribution is 5.28. The number of nitrogens with one attached hydrogen (secondary N) is 1. The predicted molar refractivity (Wildman–Crippen MR) is 68.7 cm³/mol. The summed E-state index contributed by atoms with van der Waals surface area (Å²) in [6, 6.07) is 2.43. The number of aryl methyl sites for hydroxylation is 1. The predicted octanol–water partition coefficient (Wildman–Crippen LogP) is 2.73. The molecule has 1 N–H and O–H groups in total. The number of hydrogen-bond acceptors (Lipinski definition) is 3. The van der Waals surface area contributed by atoms with Crippen molar-refractivity contribution in [3.8, 4) is 0 Å². The number of rotatable bonds is 4. The zero-order valence-electron chi connectivity index (χ0n) is 10.6. The van der Waals surface area contributed by atoms with E-state index in [0.717, 1.165) is 26.0 Å². The van der Waals surface area contributed by atoms with Gasteiger partial charge in [0.05, 0.1) is 18.9 Å². The fourth-order valence-corrected chi connectivity index (χ4v) is 2.20. The van der Waals surface area contributed by atoms with Gasteiger partial charge in [-0.2, -0.15) is 0 Å². The molecule has 0 saturated heterocycles. The molecule has 1 aromatic heterocycles. The lowest BCUT2D eigenvalue weighted by atomic mass is 9.95. The van der Waals surface area contributed by atoms with Crippen LogP contribution in [0.3, 0.4) is 0 Å². The molecule has 2 heterocycles. The molecule has 3 nitrogen and oxygen atoms in total. The Bertz CT molecular complexity index is 401. The molecule has 1 aliphatic rings. The summed E-state index contributed by atoms with van der Waals surface area (Å²) in [7, 11) is 0. The van der Waals surface area contributed by atoms with Crippen LogP contribution in [0.2, 0.25) is 0 Å². The summed E-state index contributed by atoms with van der Waals surface area (Å²) in [6.07, 6.45) is 7.95. The topological polar surface area (TPSA) is 34.1 Å². The Morgan fingerprint density at radius 2 is 2.35 bits per heavy atom. The first-order valence-electron chi connectivity index (χ1n) is 6.26. The van der Waals surface area contributed by atoms with Crippen molar-refractivity contribution in [1.29, 1.82) is 0 Å². The lowest BCUT2D eigenvalue weighted by Crippen LogP contribution is -2.24. The van der Waals surface area contributed by atoms with Gasteiger partial charge in [0.1, 0.15) is 0 Å². The maximum absolute atomic E-state index is 5.44. The first kappa shape index (κ1) is 12.1. The van der Waals surface area contributed by atoms with Crippen LogP contribution in [-0.2, 0) is 4.74 Å². The van der Waals surface area contributed by atoms with Crippen LogP contribution in [0.1, 0.15) is 36.9 Å². The lowest BCUT2D eigenvalue weighted by Gasteiger charge is -2.24. The maximum atomic E-state index is 5.44. The molecule has 1 atom stereocenters. The van der Waals surface area contributed by atoms with E-state index >= 15 is 0 Å². The molecule has 0 fully saturated rings. The smallest absolute Gasteiger partial charge is 0.0876 e. The minimum absolute atomic E-state index is 0.243. The fraction of sp³-hybridized carbons (Fsp3) is 0.500. The minimum Gasteiger partial charge on any atom is -0.501 e. The van der Waals surface area contributed by atoms with Crippen molar-refractivity contribution in [3.63, 3.8) is 0 Å². The second-order valence-electron chi connectivity index (χ2n) is 4.45. The zero-order valence-corrected chi connectivity index (χ0v) is 10.6. The van der Waals surface area contributed by atoms with Crippen molar-refractivity contribution in [3.05, 3.63) is 41.4 Å². The van der Waals surface area contributed by atoms with E-state index in [0.29, 0.717) is 0 Å². The molecule has 1 aromatic rings. The van der Waals surface area contributed by atoms with Crippen LogP contribution < -0.4 is 5.32 Å². The second kappa shape index (κ2) is 5.82. The molecule has 0 bridgehead atoms. The molecule has 92 valence electrons. The monoisotopic (exact) mass is 232 g/mol. The van der Waals surface area contributed by atoms with Crippen molar-refractivity contribution >= 4 is 0 Å². The van der Waals surface area contributed by atoms with Gasteiger partial charge in [-0.15, -0.1) is 0 Å². The normalized spacial score (nSPS) is 17.2. The third-order valence-corrected chi connectivity index (χ3v) is 2.97. The Labute approximate surface area is 103 Å². The van der Waals surface area contributed by atoms with Crippen LogP contribution in [-0.4, -0.2) is 18.1 Å². The van der Waals surface area contributed by atoms with E-state index in [1.165, 1.54) is 16.7 Å². The van der Waals surface area contributed by atoms with Crippen LogP contribution in [0.5, 0.6) is 0 Å². The molecule has 3 heteroatoms. The van der Waals surface area contributed by atoms with Crippen molar-refractivity contribution in [2.75, 3.05) is 13.2 Å². The van der Waals surface area contributed by atoms with Gasteiger partial charge >= 0.3 is 0 Å². The minimum atomic E-state index is 0.243. The number of likely N-dealkylation sites (N-methyl/N-ethyl adjacent to an activating group) is 1. The van der Waals surface area contributed by atoms with Crippen LogP contribution in [0.15, 0.2) is 30.3 Å². The van der Waals surface area contributed by atoms with E-state index in [9.17, 15) is 0 Å². The summed E-state index contributed by atoms with van der Waals surface area (Å²) in [5, 5.41) is 3.51. The molecule has 1 unspecified atom stereocenters. The molecule has 0 amide bonds. The molecule has 0 saturated carbocycles. The summed E-state index contributed by atoms with van der Waals surface area (Å²) < 4.78 is 5.44. The summed E-state index contributed by atoms with van der Waals surface area (Å²) in [6.45, 7) is 5.98. The van der Waals surface area contributed by atoms with Crippen LogP contribution in [0, 0.1) is 6.92 Å². The van der Waals surface area contributed by atoms with E-state index in [1.807, 2.05) is 18.7 Å². The average molecular weight is 232 g/mol. The van der Waals surface area contributed by atoms with E-state index in [4.69, 9.17) is 4.74 Å². The summed E-state index contributed by atoms with van der Waals surface area (Å²) in [4.78, 5) is 4.27. The maximum Gasteiger partial charge on any atom is 0.0876 e. The molecule has 0 spiro atoms. The molecule has 17 heavy (non-hydrogen) atoms. The summed E-state index contributed by atoms with van der Waals surface area (Å²) >= 11 is 0. The van der Waals surface area contributed by atoms with Crippen LogP contribution in [0.4, 0.5) is 0 Å². The van der Waals surface area contributed by atoms with Gasteiger partial charge in [0, 0.05) is 12.4 Å². The van der Waals surface area contributed by atoms with E-state index in [1.54, 1.807) is 0 Å². The van der Waals surface area contributed by atoms with E-state index in [-0.39, 0.29) is 6.04 Å². The Kier molecular flexibility index (Phi) is 4.15. The van der Waals surface area contributed by atoms with Crippen molar-refractivity contribution in [2.45, 2.75) is 32.7 Å². The van der Waals surface area contributed by atoms with Crippen molar-refractivity contribution in [1.82, 2.24) is 10.3 Å². The van der Waals surface area contributed by atoms with Crippen LogP contribution in [0.25, 0.3) is 0 Å². The van der Waals surface area contributed by atoms with Gasteiger partial charge < -0.3 is 10.1 Å². The summed E-state index contributed by atoms with van der Waals surface area (Å²) in [5.41, 5.74) is 3.75. The highest BCUT2D eigenvalue weighted by atomic mass is 16.5. The second-order valence-corrected chi connectivity index (χ2v) is 4.45. The molecule has 0 radical (unpaired) electrons. The summed E-state index contributed by atoms with van der Waals surface area (Å²) in [5.74, 6) is 0. The molecule has 2 rings (SSSR count). The first-order chi connectivity index (χ1) is 8.31. The number of nitrogens with zero attached hydrogens (tertiary/aromatic N) is 1. The van der Waals surface area contributed by atoms with Gasteiger partial charge in [0.25, 0.3) is 0 Å². The Morgan fingerprint density at radius 1 is 1.47 bits per heavy atom. The van der Waals surface area contributed by atoms with E-state index in [2.05, 4.69) is 30.2 Å². The Morgan fingerprint density at radius 3 is 3.00 bits per heavy atom. The number of hydrogen-bond donors (Lipinski definition) is 1. The average Bonchev–Trinajstić information content (AvgIpc) is 2.37. The van der Waals surface area contributed by atoms with Gasteiger partial charge in [-0.25, -0.2) is 0 Å². The highest BCUT2D eigenvalue weighted by Gasteiger charge is 2.18. The number of pyridine rings is 1. The lowest BCUT2D eigenvalue weighted by molar-refractivity contribution is 0.219. The van der Waals surface area contributed by atoms with Gasteiger partial charge in [-0.3, -0.25) is 4.98 Å². The van der Waals surface area contributed by atoms with Crippen molar-refractivity contribution < 1.29 is 4.74 Å². The highest BCUT2D eigenvalue weighted by Crippen LogP contribution is 2.27. The van der Waals surface area contributed by atoms with Crippen molar-refractivity contribution in [2.24, 2.45) is 0 Å². The Hall–Kier alpha value is -1.35. The largest absolute Gasteiger partial charge is 0.501 e. The first-order valence-corrected chi connectivity index (χ1v) is 6.26. The van der Waals surface area contributed by atoms with Gasteiger partial charge in [0.2, 0.25) is 0 Å². The Balaban J connectivity index is 2.24. The molecule has 0 aromatic carbocycles. The molecular weight excluding hydrogens is 212 g/mol. The SMILES string of the molecule is CCNC(C1=COCCC1)c1cncc(C)c1. The third-order valence-electron chi connectivity index (χ3n) is 2.97. The molecular formula is C14H20N2O. The number of aromatic nitrogens is 1. The standard InChI is InChI=1S/C14H20N2O/c1-3-16-14(12-5-4-6-17-10-12)13-7-11(2)8-15-9-13/h7-10,14,16H,3-6H2,1-2H3. The quantitative estimate of drug-likeness (QED) is 0.866. The van der Waals surface area contributed by atoms with Gasteiger partial charge in [0.15, 0.2) is 0 Å². The van der Waals surface area contributed by atoms with Gasteiger partial charge in [-0.1, -0.05) is 13.0 Å². The number of ether oxygens (including phenoxy) is 1. The van der Waals surface area contributed by atoms with Gasteiger partial charge in [-0.05, 0) is 43.0 Å². The van der Waals surface area contributed by atoms with E-state index < -0.39 is 0 Å². The molecule has 1 aliphatic heterocycles. The molecule has 0 aliphatic carbocycles. The zero-order chi connectivity index (χ0) is 12.1.